The molecule has 0 aliphatic carbocycles. The quantitative estimate of drug-likeness (QED) is 0.457. The molecule has 0 aromatic heterocycles. The SMILES string of the molecule is [Ti].c1ccccc#1. The molecule has 0 aliphatic heterocycles. The maximum atomic E-state index is 2.77. The average Bonchev–Trinajstić information content (AvgIpc) is 1.72. The zero-order valence-electron chi connectivity index (χ0n) is 3.81. The Morgan fingerprint density at radius 2 is 1.29 bits per heavy atom. The van der Waals surface area contributed by atoms with Crippen LogP contribution < -0.4 is 0 Å². The summed E-state index contributed by atoms with van der Waals surface area (Å²) < 4.78 is 0. The van der Waals surface area contributed by atoms with Gasteiger partial charge in [-0.15, -0.1) is 0 Å². The number of hydrogen-bond donors (Lipinski definition) is 0. The summed E-state index contributed by atoms with van der Waals surface area (Å²) in [7, 11) is 0. The third-order valence-electron chi connectivity index (χ3n) is 0.554. The summed E-state index contributed by atoms with van der Waals surface area (Å²) >= 11 is 0. The molecule has 0 radical (unpaired) electrons. The van der Waals surface area contributed by atoms with Crippen LogP contribution in [0.2, 0.25) is 0 Å². The molecule has 0 bridgehead atoms. The minimum absolute atomic E-state index is 0. The maximum absolute atomic E-state index is 2.77. The van der Waals surface area contributed by atoms with Gasteiger partial charge in [0.2, 0.25) is 0 Å². The predicted molar refractivity (Wildman–Crippen MR) is 24.1 cm³/mol. The normalized spacial score (nSPS) is 5.71. The molecule has 1 rings (SSSR count). The Bertz CT molecular complexity index is 76.1. The Morgan fingerprint density at radius 1 is 0.857 bits per heavy atom. The van der Waals surface area contributed by atoms with Gasteiger partial charge in [0.05, 0.1) is 0 Å². The van der Waals surface area contributed by atoms with E-state index in [9.17, 15) is 0 Å². The minimum Gasteiger partial charge on any atom is -0.0702 e. The molecule has 1 heteroatoms. The van der Waals surface area contributed by atoms with E-state index in [1.165, 1.54) is 0 Å². The van der Waals surface area contributed by atoms with Crippen molar-refractivity contribution in [2.45, 2.75) is 0 Å². The van der Waals surface area contributed by atoms with Gasteiger partial charge in [0.15, 0.2) is 0 Å². The van der Waals surface area contributed by atoms with E-state index < -0.39 is 0 Å². The van der Waals surface area contributed by atoms with Crippen molar-refractivity contribution in [1.29, 1.82) is 0 Å². The van der Waals surface area contributed by atoms with E-state index in [4.69, 9.17) is 0 Å². The summed E-state index contributed by atoms with van der Waals surface area (Å²) in [5.74, 6) is 0. The van der Waals surface area contributed by atoms with Crippen LogP contribution in [0.15, 0.2) is 24.3 Å². The molecule has 32 valence electrons. The van der Waals surface area contributed by atoms with E-state index in [-0.39, 0.29) is 21.7 Å². The van der Waals surface area contributed by atoms with Gasteiger partial charge in [-0.05, 0) is 12.1 Å². The van der Waals surface area contributed by atoms with Crippen LogP contribution in [0.3, 0.4) is 0 Å². The summed E-state index contributed by atoms with van der Waals surface area (Å²) in [4.78, 5) is 0. The molecule has 0 heterocycles. The molecule has 0 N–H and O–H groups in total. The van der Waals surface area contributed by atoms with E-state index in [1.807, 2.05) is 24.3 Å². The molecule has 7 heavy (non-hydrogen) atoms. The first-order chi connectivity index (χ1) is 3.00. The maximum Gasteiger partial charge on any atom is 0 e. The molecule has 0 unspecified atom stereocenters. The summed E-state index contributed by atoms with van der Waals surface area (Å²) in [5, 5.41) is 0. The molecule has 0 atom stereocenters. The predicted octanol–water partition coefficient (Wildman–Crippen LogP) is 1.28. The molecule has 0 nitrogen and oxygen atoms in total. The van der Waals surface area contributed by atoms with Gasteiger partial charge in [-0.1, -0.05) is 24.3 Å². The third-order valence-corrected chi connectivity index (χ3v) is 0.554. The van der Waals surface area contributed by atoms with E-state index in [0.717, 1.165) is 0 Å². The largest absolute Gasteiger partial charge is 0.0702 e. The van der Waals surface area contributed by atoms with Crippen LogP contribution in [0.4, 0.5) is 0 Å². The van der Waals surface area contributed by atoms with E-state index in [2.05, 4.69) is 12.1 Å². The Balaban J connectivity index is 0.000000360. The van der Waals surface area contributed by atoms with Gasteiger partial charge < -0.3 is 0 Å². The molecule has 0 fully saturated rings. The van der Waals surface area contributed by atoms with Gasteiger partial charge in [-0.25, -0.2) is 0 Å². The fourth-order valence-electron chi connectivity index (χ4n) is 0.304. The zero-order chi connectivity index (χ0) is 4.24. The van der Waals surface area contributed by atoms with Gasteiger partial charge in [0.1, 0.15) is 0 Å². The first-order valence-electron chi connectivity index (χ1n) is 1.83. The van der Waals surface area contributed by atoms with E-state index >= 15 is 0 Å². The molecule has 1 aromatic carbocycles. The molecular formula is C6H4Ti. The van der Waals surface area contributed by atoms with Gasteiger partial charge >= 0.3 is 0 Å². The van der Waals surface area contributed by atoms with Crippen LogP contribution in [0.1, 0.15) is 0 Å². The van der Waals surface area contributed by atoms with E-state index in [1.54, 1.807) is 0 Å². The molecular weight excluding hydrogens is 120 g/mol. The van der Waals surface area contributed by atoms with Crippen molar-refractivity contribution < 1.29 is 21.7 Å². The number of rotatable bonds is 0. The van der Waals surface area contributed by atoms with Crippen molar-refractivity contribution in [2.75, 3.05) is 0 Å². The Kier molecular flexibility index (Phi) is 3.79. The summed E-state index contributed by atoms with van der Waals surface area (Å²) in [5.41, 5.74) is 0. The van der Waals surface area contributed by atoms with Crippen molar-refractivity contribution in [3.05, 3.63) is 36.4 Å². The second-order valence-corrected chi connectivity index (χ2v) is 1.01. The first kappa shape index (κ1) is 6.75. The van der Waals surface area contributed by atoms with E-state index in [0.29, 0.717) is 0 Å². The molecule has 0 spiro atoms. The average molecular weight is 124 g/mol. The van der Waals surface area contributed by atoms with Crippen molar-refractivity contribution in [1.82, 2.24) is 0 Å². The fourth-order valence-corrected chi connectivity index (χ4v) is 0.304. The standard InChI is InChI=1S/C6H4.Ti/c1-2-4-6-5-3-1;/h1-4H;. The van der Waals surface area contributed by atoms with Gasteiger partial charge in [-0.3, -0.25) is 0 Å². The monoisotopic (exact) mass is 124 g/mol. The third kappa shape index (κ3) is 2.45. The van der Waals surface area contributed by atoms with Crippen LogP contribution in [-0.4, -0.2) is 0 Å². The fraction of sp³-hybridized carbons (Fsp3) is 0. The Hall–Kier alpha value is -0.246. The van der Waals surface area contributed by atoms with Crippen LogP contribution in [-0.2, 0) is 21.7 Å². The second kappa shape index (κ2) is 3.93. The molecule has 0 saturated carbocycles. The first-order valence-corrected chi connectivity index (χ1v) is 1.83. The van der Waals surface area contributed by atoms with Crippen molar-refractivity contribution in [2.24, 2.45) is 0 Å². The Labute approximate surface area is 58.4 Å². The second-order valence-electron chi connectivity index (χ2n) is 1.01. The van der Waals surface area contributed by atoms with Crippen molar-refractivity contribution in [3.63, 3.8) is 0 Å². The molecule has 1 aromatic rings. The van der Waals surface area contributed by atoms with Gasteiger partial charge in [0.25, 0.3) is 0 Å². The van der Waals surface area contributed by atoms with Crippen LogP contribution >= 0.6 is 0 Å². The van der Waals surface area contributed by atoms with Crippen LogP contribution in [0.25, 0.3) is 0 Å². The van der Waals surface area contributed by atoms with Crippen molar-refractivity contribution in [3.8, 4) is 0 Å². The van der Waals surface area contributed by atoms with Crippen LogP contribution in [0.5, 0.6) is 0 Å². The topological polar surface area (TPSA) is 0 Å². The Morgan fingerprint density at radius 3 is 1.43 bits per heavy atom. The summed E-state index contributed by atoms with van der Waals surface area (Å²) in [6.45, 7) is 0. The van der Waals surface area contributed by atoms with Gasteiger partial charge in [0, 0.05) is 21.7 Å². The van der Waals surface area contributed by atoms with Crippen LogP contribution in [0, 0.1) is 12.1 Å². The number of hydrogen-bond acceptors (Lipinski definition) is 0. The summed E-state index contributed by atoms with van der Waals surface area (Å²) in [6.07, 6.45) is 0. The molecule has 0 saturated heterocycles. The molecule has 0 amide bonds. The van der Waals surface area contributed by atoms with Crippen molar-refractivity contribution >= 4 is 0 Å². The zero-order valence-corrected chi connectivity index (χ0v) is 5.37. The molecule has 0 aliphatic rings. The van der Waals surface area contributed by atoms with Gasteiger partial charge in [-0.2, -0.15) is 0 Å². The summed E-state index contributed by atoms with van der Waals surface area (Å²) in [6, 6.07) is 13.0. The minimum atomic E-state index is 0. The smallest absolute Gasteiger partial charge is 0 e.